The van der Waals surface area contributed by atoms with Crippen molar-refractivity contribution in [3.05, 3.63) is 95.6 Å². The van der Waals surface area contributed by atoms with E-state index in [1.807, 2.05) is 25.1 Å². The number of carbonyl (C=O) groups excluding carboxylic acids is 1. The van der Waals surface area contributed by atoms with Gasteiger partial charge in [0.1, 0.15) is 5.75 Å². The molecule has 0 aromatic heterocycles. The van der Waals surface area contributed by atoms with Crippen molar-refractivity contribution in [1.29, 1.82) is 0 Å². The van der Waals surface area contributed by atoms with E-state index < -0.39 is 10.0 Å². The average Bonchev–Trinajstić information content (AvgIpc) is 2.84. The summed E-state index contributed by atoms with van der Waals surface area (Å²) in [5.41, 5.74) is 4.18. The van der Waals surface area contributed by atoms with Gasteiger partial charge in [-0.15, -0.1) is 0 Å². The third kappa shape index (κ3) is 4.78. The zero-order valence-corrected chi connectivity index (χ0v) is 19.4. The highest BCUT2D eigenvalue weighted by Crippen LogP contribution is 2.26. The summed E-state index contributed by atoms with van der Waals surface area (Å²) in [4.78, 5) is 14.9. The summed E-state index contributed by atoms with van der Waals surface area (Å²) in [5.74, 6) is 0.138. The van der Waals surface area contributed by atoms with Gasteiger partial charge in [-0.3, -0.25) is 9.10 Å². The van der Waals surface area contributed by atoms with Crippen LogP contribution in [0.4, 0.5) is 5.69 Å². The van der Waals surface area contributed by atoms with Crippen molar-refractivity contribution in [2.75, 3.05) is 24.4 Å². The van der Waals surface area contributed by atoms with Gasteiger partial charge in [0.2, 0.25) is 0 Å². The Labute approximate surface area is 194 Å². The molecule has 1 amide bonds. The van der Waals surface area contributed by atoms with Gasteiger partial charge < -0.3 is 10.0 Å². The summed E-state index contributed by atoms with van der Waals surface area (Å²) in [6.45, 7) is 3.00. The lowest BCUT2D eigenvalue weighted by molar-refractivity contribution is 0.0773. The number of benzene rings is 3. The van der Waals surface area contributed by atoms with E-state index in [1.54, 1.807) is 65.6 Å². The lowest BCUT2D eigenvalue weighted by Gasteiger charge is -2.27. The molecule has 3 aromatic rings. The molecule has 1 aliphatic rings. The predicted molar refractivity (Wildman–Crippen MR) is 130 cm³/mol. The van der Waals surface area contributed by atoms with Crippen LogP contribution in [0.3, 0.4) is 0 Å². The van der Waals surface area contributed by atoms with Crippen LogP contribution in [0.1, 0.15) is 27.9 Å². The van der Waals surface area contributed by atoms with Gasteiger partial charge in [-0.05, 0) is 73.0 Å². The third-order valence-corrected chi connectivity index (χ3v) is 7.69. The number of rotatable bonds is 5. The number of aromatic hydroxyl groups is 1. The SMILES string of the molecule is Cc1ccc(S(=O)(=O)N(C)c2ccc(C(=O)N3CC=C(c4ccc(O)cc4)CC3)cc2)cc1. The molecule has 7 heteroatoms. The van der Waals surface area contributed by atoms with Crippen LogP contribution in [0.15, 0.2) is 83.8 Å². The zero-order valence-electron chi connectivity index (χ0n) is 18.6. The van der Waals surface area contributed by atoms with Crippen molar-refractivity contribution >= 4 is 27.2 Å². The Kier molecular flexibility index (Phi) is 6.24. The van der Waals surface area contributed by atoms with Crippen LogP contribution >= 0.6 is 0 Å². The predicted octanol–water partition coefficient (Wildman–Crippen LogP) is 4.46. The van der Waals surface area contributed by atoms with Gasteiger partial charge >= 0.3 is 0 Å². The van der Waals surface area contributed by atoms with Crippen molar-refractivity contribution in [1.82, 2.24) is 4.90 Å². The first-order valence-corrected chi connectivity index (χ1v) is 12.1. The molecule has 170 valence electrons. The Balaban J connectivity index is 1.45. The van der Waals surface area contributed by atoms with Crippen LogP contribution in [0, 0.1) is 6.92 Å². The fourth-order valence-corrected chi connectivity index (χ4v) is 4.99. The van der Waals surface area contributed by atoms with Crippen LogP contribution in [0.5, 0.6) is 5.75 Å². The molecular formula is C26H26N2O4S. The first-order chi connectivity index (χ1) is 15.8. The first kappa shape index (κ1) is 22.6. The van der Waals surface area contributed by atoms with Gasteiger partial charge in [-0.2, -0.15) is 0 Å². The van der Waals surface area contributed by atoms with E-state index in [4.69, 9.17) is 0 Å². The van der Waals surface area contributed by atoms with Crippen LogP contribution in [-0.4, -0.2) is 44.5 Å². The Morgan fingerprint density at radius 3 is 2.15 bits per heavy atom. The minimum atomic E-state index is -3.68. The molecule has 0 saturated heterocycles. The molecule has 0 radical (unpaired) electrons. The molecule has 1 N–H and O–H groups in total. The Hall–Kier alpha value is -3.58. The van der Waals surface area contributed by atoms with Gasteiger partial charge in [0.25, 0.3) is 15.9 Å². The van der Waals surface area contributed by atoms with Crippen molar-refractivity contribution in [2.24, 2.45) is 0 Å². The number of anilines is 1. The van der Waals surface area contributed by atoms with E-state index >= 15 is 0 Å². The van der Waals surface area contributed by atoms with Crippen molar-refractivity contribution < 1.29 is 18.3 Å². The van der Waals surface area contributed by atoms with Crippen molar-refractivity contribution in [3.63, 3.8) is 0 Å². The minimum absolute atomic E-state index is 0.0911. The zero-order chi connectivity index (χ0) is 23.6. The summed E-state index contributed by atoms with van der Waals surface area (Å²) >= 11 is 0. The smallest absolute Gasteiger partial charge is 0.264 e. The molecule has 1 heterocycles. The highest BCUT2D eigenvalue weighted by Gasteiger charge is 2.23. The highest BCUT2D eigenvalue weighted by atomic mass is 32.2. The number of carbonyl (C=O) groups is 1. The maximum Gasteiger partial charge on any atom is 0.264 e. The maximum atomic E-state index is 13.0. The summed E-state index contributed by atoms with van der Waals surface area (Å²) in [7, 11) is -2.18. The lowest BCUT2D eigenvalue weighted by atomic mass is 9.99. The minimum Gasteiger partial charge on any atom is -0.508 e. The molecule has 33 heavy (non-hydrogen) atoms. The normalized spacial score (nSPS) is 14.0. The quantitative estimate of drug-likeness (QED) is 0.608. The molecule has 1 aliphatic heterocycles. The monoisotopic (exact) mass is 462 g/mol. The Morgan fingerprint density at radius 1 is 0.939 bits per heavy atom. The average molecular weight is 463 g/mol. The standard InChI is InChI=1S/C26H26N2O4S/c1-19-3-13-25(14-4-19)33(31,32)27(2)23-9-5-22(6-10-23)26(30)28-17-15-21(16-18-28)20-7-11-24(29)12-8-20/h3-15,29H,16-18H2,1-2H3. The van der Waals surface area contributed by atoms with Crippen LogP contribution < -0.4 is 4.31 Å². The first-order valence-electron chi connectivity index (χ1n) is 10.7. The number of amides is 1. The molecule has 0 spiro atoms. The van der Waals surface area contributed by atoms with Crippen molar-refractivity contribution in [3.8, 4) is 5.75 Å². The largest absolute Gasteiger partial charge is 0.508 e. The molecule has 3 aromatic carbocycles. The number of nitrogens with zero attached hydrogens (tertiary/aromatic N) is 2. The summed E-state index contributed by atoms with van der Waals surface area (Å²) in [5, 5.41) is 9.45. The van der Waals surface area contributed by atoms with Crippen LogP contribution in [0.25, 0.3) is 5.57 Å². The van der Waals surface area contributed by atoms with E-state index in [0.717, 1.165) is 23.1 Å². The third-order valence-electron chi connectivity index (χ3n) is 5.89. The molecule has 0 bridgehead atoms. The fraction of sp³-hybridized carbons (Fsp3) is 0.192. The van der Waals surface area contributed by atoms with E-state index in [9.17, 15) is 18.3 Å². The molecule has 6 nitrogen and oxygen atoms in total. The number of sulfonamides is 1. The number of aryl methyl sites for hydroxylation is 1. The van der Waals surface area contributed by atoms with Crippen molar-refractivity contribution in [2.45, 2.75) is 18.2 Å². The van der Waals surface area contributed by atoms with Gasteiger partial charge in [-0.1, -0.05) is 35.9 Å². The van der Waals surface area contributed by atoms with E-state index in [-0.39, 0.29) is 16.6 Å². The van der Waals surface area contributed by atoms with E-state index in [2.05, 4.69) is 0 Å². The molecule has 0 aliphatic carbocycles. The molecular weight excluding hydrogens is 436 g/mol. The number of hydrogen-bond donors (Lipinski definition) is 1. The molecule has 0 fully saturated rings. The number of phenols is 1. The van der Waals surface area contributed by atoms with Crippen LogP contribution in [-0.2, 0) is 10.0 Å². The lowest BCUT2D eigenvalue weighted by Crippen LogP contribution is -2.34. The topological polar surface area (TPSA) is 77.9 Å². The van der Waals surface area contributed by atoms with E-state index in [0.29, 0.717) is 24.3 Å². The molecule has 0 unspecified atom stereocenters. The highest BCUT2D eigenvalue weighted by molar-refractivity contribution is 7.92. The van der Waals surface area contributed by atoms with Gasteiger partial charge in [0, 0.05) is 25.7 Å². The number of phenolic OH excluding ortho intramolecular Hbond substituents is 1. The van der Waals surface area contributed by atoms with Gasteiger partial charge in [0.05, 0.1) is 10.6 Å². The summed E-state index contributed by atoms with van der Waals surface area (Å²) in [6, 6.07) is 20.4. The van der Waals surface area contributed by atoms with Gasteiger partial charge in [0.15, 0.2) is 0 Å². The van der Waals surface area contributed by atoms with Crippen LogP contribution in [0.2, 0.25) is 0 Å². The van der Waals surface area contributed by atoms with Gasteiger partial charge in [-0.25, -0.2) is 8.42 Å². The summed E-state index contributed by atoms with van der Waals surface area (Å²) < 4.78 is 27.0. The molecule has 4 rings (SSSR count). The fourth-order valence-electron chi connectivity index (χ4n) is 3.79. The Bertz CT molecular complexity index is 1280. The number of hydrogen-bond acceptors (Lipinski definition) is 4. The second-order valence-corrected chi connectivity index (χ2v) is 10.1. The van der Waals surface area contributed by atoms with E-state index in [1.165, 1.54) is 11.4 Å². The summed E-state index contributed by atoms with van der Waals surface area (Å²) in [6.07, 6.45) is 2.76. The Morgan fingerprint density at radius 2 is 1.58 bits per heavy atom. The molecule has 0 saturated carbocycles. The second kappa shape index (κ2) is 9.11. The maximum absolute atomic E-state index is 13.0. The second-order valence-electron chi connectivity index (χ2n) is 8.11. The molecule has 0 atom stereocenters.